The van der Waals surface area contributed by atoms with Gasteiger partial charge in [0.05, 0.1) is 13.1 Å². The number of aromatic nitrogens is 3. The van der Waals surface area contributed by atoms with Crippen LogP contribution in [0.3, 0.4) is 0 Å². The number of hydrogen-bond acceptors (Lipinski definition) is 5. The van der Waals surface area contributed by atoms with Crippen LogP contribution < -0.4 is 0 Å². The van der Waals surface area contributed by atoms with Crippen molar-refractivity contribution in [2.75, 3.05) is 0 Å². The van der Waals surface area contributed by atoms with Gasteiger partial charge in [0, 0.05) is 5.56 Å². The molecule has 0 saturated heterocycles. The summed E-state index contributed by atoms with van der Waals surface area (Å²) in [7, 11) is 0. The topological polar surface area (TPSA) is 51.8 Å². The molecule has 3 aromatic rings. The van der Waals surface area contributed by atoms with E-state index in [1.54, 1.807) is 6.20 Å². The maximum Gasteiger partial charge on any atom is 0.259 e. The summed E-state index contributed by atoms with van der Waals surface area (Å²) in [4.78, 5) is 4.55. The van der Waals surface area contributed by atoms with Gasteiger partial charge in [0.25, 0.3) is 5.89 Å². The van der Waals surface area contributed by atoms with Crippen molar-refractivity contribution in [1.29, 1.82) is 0 Å². The number of hydrogen-bond donors (Lipinski definition) is 0. The molecule has 78 valence electrons. The third kappa shape index (κ3) is 1.61. The molecule has 3 rings (SSSR count). The van der Waals surface area contributed by atoms with Gasteiger partial charge in [0.2, 0.25) is 5.89 Å². The third-order valence-corrected chi connectivity index (χ3v) is 2.74. The van der Waals surface area contributed by atoms with Crippen molar-refractivity contribution < 1.29 is 5.79 Å². The summed E-state index contributed by atoms with van der Waals surface area (Å²) in [5.41, 5.74) is 1.11. The Labute approximate surface area is 97.0 Å². The van der Waals surface area contributed by atoms with E-state index in [9.17, 15) is 0 Å². The van der Waals surface area contributed by atoms with Gasteiger partial charge < -0.3 is 4.42 Å². The monoisotopic (exact) mass is 230 g/mol. The standard InChI is InChI=1S/C11H7N3OS/c1-2-4-8(5-3-1)10-13-14-11(15-10)9-6-12-7-16-9/h1-7H/i7D. The first-order chi connectivity index (χ1) is 8.33. The van der Waals surface area contributed by atoms with Gasteiger partial charge in [-0.15, -0.1) is 21.5 Å². The first-order valence-corrected chi connectivity index (χ1v) is 5.46. The van der Waals surface area contributed by atoms with Gasteiger partial charge in [0.15, 0.2) is 0 Å². The Bertz CT molecular complexity index is 635. The fraction of sp³-hybridized carbons (Fsp3) is 0. The molecule has 0 aliphatic rings. The highest BCUT2D eigenvalue weighted by Gasteiger charge is 2.10. The van der Waals surface area contributed by atoms with E-state index in [-0.39, 0.29) is 5.49 Å². The average Bonchev–Trinajstić information content (AvgIpc) is 2.98. The van der Waals surface area contributed by atoms with E-state index in [1.165, 1.54) is 11.3 Å². The highest BCUT2D eigenvalue weighted by molar-refractivity contribution is 7.13. The minimum atomic E-state index is 0.236. The van der Waals surface area contributed by atoms with Crippen molar-refractivity contribution >= 4 is 11.3 Å². The summed E-state index contributed by atoms with van der Waals surface area (Å²) in [6, 6.07) is 9.55. The normalized spacial score (nSPS) is 11.4. The molecule has 0 atom stereocenters. The Hall–Kier alpha value is -2.01. The van der Waals surface area contributed by atoms with E-state index in [4.69, 9.17) is 5.79 Å². The second-order valence-electron chi connectivity index (χ2n) is 3.09. The lowest BCUT2D eigenvalue weighted by molar-refractivity contribution is 0.586. The van der Waals surface area contributed by atoms with Crippen LogP contribution in [0.2, 0.25) is 0 Å². The highest BCUT2D eigenvalue weighted by atomic mass is 32.1. The van der Waals surface area contributed by atoms with E-state index < -0.39 is 0 Å². The molecule has 1 aromatic carbocycles. The Morgan fingerprint density at radius 1 is 1.12 bits per heavy atom. The van der Waals surface area contributed by atoms with Crippen LogP contribution in [0.25, 0.3) is 22.2 Å². The van der Waals surface area contributed by atoms with Crippen LogP contribution in [-0.4, -0.2) is 15.2 Å². The molecular formula is C11H7N3OS. The van der Waals surface area contributed by atoms with Crippen molar-refractivity contribution in [3.8, 4) is 22.2 Å². The summed E-state index contributed by atoms with van der Waals surface area (Å²) in [5, 5.41) is 7.92. The summed E-state index contributed by atoms with van der Waals surface area (Å²) >= 11 is 1.21. The van der Waals surface area contributed by atoms with Gasteiger partial charge in [0.1, 0.15) is 4.88 Å². The third-order valence-electron chi connectivity index (χ3n) is 2.05. The minimum absolute atomic E-state index is 0.236. The lowest BCUT2D eigenvalue weighted by Gasteiger charge is -1.91. The fourth-order valence-electron chi connectivity index (χ4n) is 1.31. The molecule has 4 nitrogen and oxygen atoms in total. The molecule has 2 aromatic heterocycles. The van der Waals surface area contributed by atoms with Crippen LogP contribution >= 0.6 is 11.3 Å². The molecule has 2 heterocycles. The summed E-state index contributed by atoms with van der Waals surface area (Å²) in [5.74, 6) is 0.875. The molecule has 0 amide bonds. The zero-order valence-corrected chi connectivity index (χ0v) is 8.94. The van der Waals surface area contributed by atoms with Crippen LogP contribution in [0, 0.1) is 0 Å². The highest BCUT2D eigenvalue weighted by Crippen LogP contribution is 2.25. The maximum absolute atomic E-state index is 7.35. The summed E-state index contributed by atoms with van der Waals surface area (Å²) in [6.45, 7) is 0. The summed E-state index contributed by atoms with van der Waals surface area (Å²) < 4.78 is 12.9. The van der Waals surface area contributed by atoms with Crippen LogP contribution in [0.5, 0.6) is 0 Å². The smallest absolute Gasteiger partial charge is 0.259 e. The SMILES string of the molecule is [2H]c1ncc(-c2nnc(-c3ccccc3)o2)s1. The molecule has 0 unspecified atom stereocenters. The zero-order chi connectivity index (χ0) is 11.7. The Morgan fingerprint density at radius 3 is 2.69 bits per heavy atom. The molecule has 0 spiro atoms. The van der Waals surface area contributed by atoms with E-state index in [0.29, 0.717) is 16.7 Å². The van der Waals surface area contributed by atoms with Gasteiger partial charge >= 0.3 is 0 Å². The largest absolute Gasteiger partial charge is 0.415 e. The Morgan fingerprint density at radius 2 is 1.94 bits per heavy atom. The molecular weight excluding hydrogens is 222 g/mol. The quantitative estimate of drug-likeness (QED) is 0.679. The van der Waals surface area contributed by atoms with Crippen LogP contribution in [0.15, 0.2) is 46.4 Å². The van der Waals surface area contributed by atoms with Crippen molar-refractivity contribution in [3.63, 3.8) is 0 Å². The summed E-state index contributed by atoms with van der Waals surface area (Å²) in [6.07, 6.45) is 1.56. The van der Waals surface area contributed by atoms with E-state index in [2.05, 4.69) is 15.2 Å². The number of thiazole rings is 1. The molecule has 0 N–H and O–H groups in total. The molecule has 5 heteroatoms. The number of benzene rings is 1. The first kappa shape index (κ1) is 8.18. The Kier molecular flexibility index (Phi) is 1.97. The maximum atomic E-state index is 7.35. The predicted molar refractivity (Wildman–Crippen MR) is 60.8 cm³/mol. The van der Waals surface area contributed by atoms with E-state index in [0.717, 1.165) is 5.56 Å². The van der Waals surface area contributed by atoms with E-state index in [1.807, 2.05) is 30.3 Å². The van der Waals surface area contributed by atoms with Crippen LogP contribution in [0.1, 0.15) is 1.37 Å². The lowest BCUT2D eigenvalue weighted by atomic mass is 10.2. The zero-order valence-electron chi connectivity index (χ0n) is 9.12. The molecule has 0 aliphatic heterocycles. The molecule has 0 saturated carbocycles. The fourth-order valence-corrected chi connectivity index (χ4v) is 1.78. The Balaban J connectivity index is 1.99. The van der Waals surface area contributed by atoms with Gasteiger partial charge in [-0.1, -0.05) is 18.2 Å². The molecule has 16 heavy (non-hydrogen) atoms. The van der Waals surface area contributed by atoms with Crippen molar-refractivity contribution in [1.82, 2.24) is 15.2 Å². The first-order valence-electron chi connectivity index (χ1n) is 5.14. The van der Waals surface area contributed by atoms with E-state index >= 15 is 0 Å². The second kappa shape index (κ2) is 3.86. The van der Waals surface area contributed by atoms with Crippen molar-refractivity contribution in [2.24, 2.45) is 0 Å². The average molecular weight is 230 g/mol. The van der Waals surface area contributed by atoms with Crippen LogP contribution in [-0.2, 0) is 0 Å². The molecule has 0 aliphatic carbocycles. The van der Waals surface area contributed by atoms with Crippen molar-refractivity contribution in [3.05, 3.63) is 42.0 Å². The number of rotatable bonds is 2. The minimum Gasteiger partial charge on any atom is -0.415 e. The molecule has 0 bridgehead atoms. The van der Waals surface area contributed by atoms with Crippen LogP contribution in [0.4, 0.5) is 0 Å². The number of nitrogens with zero attached hydrogens (tertiary/aromatic N) is 3. The lowest BCUT2D eigenvalue weighted by Crippen LogP contribution is -1.75. The molecule has 0 fully saturated rings. The van der Waals surface area contributed by atoms with Gasteiger partial charge in [-0.2, -0.15) is 0 Å². The van der Waals surface area contributed by atoms with Gasteiger partial charge in [-0.05, 0) is 12.1 Å². The predicted octanol–water partition coefficient (Wildman–Crippen LogP) is 2.86. The molecule has 0 radical (unpaired) electrons. The van der Waals surface area contributed by atoms with Crippen molar-refractivity contribution in [2.45, 2.75) is 0 Å². The van der Waals surface area contributed by atoms with Gasteiger partial charge in [-0.3, -0.25) is 4.98 Å². The van der Waals surface area contributed by atoms with Gasteiger partial charge in [-0.25, -0.2) is 0 Å². The second-order valence-corrected chi connectivity index (χ2v) is 3.92.